The van der Waals surface area contributed by atoms with E-state index < -0.39 is 0 Å². The van der Waals surface area contributed by atoms with E-state index in [0.29, 0.717) is 24.2 Å². The van der Waals surface area contributed by atoms with Gasteiger partial charge >= 0.3 is 0 Å². The van der Waals surface area contributed by atoms with E-state index >= 15 is 0 Å². The van der Waals surface area contributed by atoms with E-state index in [0.717, 1.165) is 52.4 Å². The number of anilines is 4. The lowest BCUT2D eigenvalue weighted by atomic mass is 9.98. The summed E-state index contributed by atoms with van der Waals surface area (Å²) in [6.45, 7) is 8.68. The molecule has 0 aliphatic carbocycles. The van der Waals surface area contributed by atoms with E-state index in [-0.39, 0.29) is 0 Å². The Bertz CT molecular complexity index is 1510. The van der Waals surface area contributed by atoms with Crippen molar-refractivity contribution >= 4 is 22.7 Å². The molecular weight excluding hydrogens is 617 g/mol. The van der Waals surface area contributed by atoms with Crippen LogP contribution in [0.15, 0.2) is 110 Å². The molecule has 8 heteroatoms. The molecule has 1 aromatic carbocycles. The second kappa shape index (κ2) is 14.0. The lowest BCUT2D eigenvalue weighted by Crippen LogP contribution is -2.42. The minimum Gasteiger partial charge on any atom is -0.368 e. The molecule has 4 unspecified atom stereocenters. The molecule has 0 radical (unpaired) electrons. The predicted molar refractivity (Wildman–Crippen MR) is 206 cm³/mol. The van der Waals surface area contributed by atoms with Crippen LogP contribution in [0.4, 0.5) is 22.7 Å². The highest BCUT2D eigenvalue weighted by Gasteiger charge is 2.33. The molecule has 50 heavy (non-hydrogen) atoms. The first-order valence-corrected chi connectivity index (χ1v) is 19.4. The van der Waals surface area contributed by atoms with Gasteiger partial charge in [0.25, 0.3) is 0 Å². The van der Waals surface area contributed by atoms with Crippen LogP contribution in [-0.4, -0.2) is 70.6 Å². The zero-order chi connectivity index (χ0) is 33.3. The Morgan fingerprint density at radius 3 is 0.760 bits per heavy atom. The summed E-state index contributed by atoms with van der Waals surface area (Å²) in [4.78, 5) is 11.0. The molecular formula is C42H54N8. The second-order valence-corrected chi connectivity index (χ2v) is 15.3. The molecule has 4 aliphatic heterocycles. The summed E-state index contributed by atoms with van der Waals surface area (Å²) in [7, 11) is 0. The smallest absolute Gasteiger partial charge is 0.0627 e. The van der Waals surface area contributed by atoms with Gasteiger partial charge in [-0.1, -0.05) is 0 Å². The quantitative estimate of drug-likeness (QED) is 0.167. The summed E-state index contributed by atoms with van der Waals surface area (Å²) in [5, 5.41) is 0. The molecule has 8 nitrogen and oxygen atoms in total. The molecule has 0 amide bonds. The van der Waals surface area contributed by atoms with E-state index in [1.165, 1.54) is 74.1 Å². The fourth-order valence-electron chi connectivity index (χ4n) is 9.60. The predicted octanol–water partition coefficient (Wildman–Crippen LogP) is 8.26. The maximum Gasteiger partial charge on any atom is 0.0627 e. The van der Waals surface area contributed by atoms with E-state index in [4.69, 9.17) is 0 Å². The summed E-state index contributed by atoms with van der Waals surface area (Å²) in [5.41, 5.74) is 5.76. The fourth-order valence-corrected chi connectivity index (χ4v) is 9.60. The third-order valence-corrected chi connectivity index (χ3v) is 12.2. The molecule has 4 saturated heterocycles. The van der Waals surface area contributed by atoms with Crippen molar-refractivity contribution in [3.63, 3.8) is 0 Å². The highest BCUT2D eigenvalue weighted by Crippen LogP contribution is 2.46. The number of benzene rings is 1. The van der Waals surface area contributed by atoms with Crippen molar-refractivity contribution in [2.24, 2.45) is 0 Å². The maximum absolute atomic E-state index is 2.75. The standard InChI is InChI=1S/C42H54N8/c1-2-18-43(17-1)35-13-9-25-47(31-35)39-29-41(49-27-11-15-37(33-49)45-21-5-6-22-45)42(50-28-12-16-38(34-50)46-23-7-8-24-46)30-40(39)48-26-10-14-36(32-48)44-19-3-4-20-44/h1-8,17-24,29-30,35-38H,9-16,25-28,31-34H2. The van der Waals surface area contributed by atoms with Crippen molar-refractivity contribution in [2.75, 3.05) is 72.0 Å². The van der Waals surface area contributed by atoms with Gasteiger partial charge in [0, 0.05) is 102 Å². The number of nitrogens with zero attached hydrogens (tertiary/aromatic N) is 8. The highest BCUT2D eigenvalue weighted by molar-refractivity contribution is 5.86. The van der Waals surface area contributed by atoms with Gasteiger partial charge in [-0.25, -0.2) is 0 Å². The molecule has 0 saturated carbocycles. The van der Waals surface area contributed by atoms with Crippen LogP contribution in [-0.2, 0) is 0 Å². The Kier molecular flexibility index (Phi) is 8.85. The topological polar surface area (TPSA) is 32.7 Å². The lowest BCUT2D eigenvalue weighted by Gasteiger charge is -2.44. The fraction of sp³-hybridized carbons (Fsp3) is 0.476. The van der Waals surface area contributed by atoms with Gasteiger partial charge in [0.05, 0.1) is 46.9 Å². The molecule has 0 spiro atoms. The zero-order valence-electron chi connectivity index (χ0n) is 29.6. The number of hydrogen-bond acceptors (Lipinski definition) is 4. The molecule has 5 aromatic rings. The number of piperidine rings is 4. The Balaban J connectivity index is 1.14. The monoisotopic (exact) mass is 670 g/mol. The summed E-state index contributed by atoms with van der Waals surface area (Å²) in [6, 6.07) is 24.8. The van der Waals surface area contributed by atoms with Gasteiger partial charge in [-0.3, -0.25) is 0 Å². The van der Waals surface area contributed by atoms with Gasteiger partial charge in [0.15, 0.2) is 0 Å². The van der Waals surface area contributed by atoms with Crippen LogP contribution in [0, 0.1) is 0 Å². The van der Waals surface area contributed by atoms with Gasteiger partial charge in [0.2, 0.25) is 0 Å². The summed E-state index contributed by atoms with van der Waals surface area (Å²) >= 11 is 0. The summed E-state index contributed by atoms with van der Waals surface area (Å²) < 4.78 is 9.80. The number of aromatic nitrogens is 4. The zero-order valence-corrected chi connectivity index (χ0v) is 29.6. The van der Waals surface area contributed by atoms with Crippen molar-refractivity contribution in [2.45, 2.75) is 75.5 Å². The molecule has 0 N–H and O–H groups in total. The van der Waals surface area contributed by atoms with Gasteiger partial charge in [-0.15, -0.1) is 0 Å². The van der Waals surface area contributed by atoms with E-state index in [1.807, 2.05) is 0 Å². The van der Waals surface area contributed by atoms with Crippen molar-refractivity contribution in [3.8, 4) is 0 Å². The highest BCUT2D eigenvalue weighted by atomic mass is 15.3. The lowest BCUT2D eigenvalue weighted by molar-refractivity contribution is 0.397. The van der Waals surface area contributed by atoms with Gasteiger partial charge < -0.3 is 37.9 Å². The van der Waals surface area contributed by atoms with Crippen LogP contribution in [0.25, 0.3) is 0 Å². The van der Waals surface area contributed by atoms with Crippen LogP contribution in [0.2, 0.25) is 0 Å². The largest absolute Gasteiger partial charge is 0.368 e. The third kappa shape index (κ3) is 6.33. The first kappa shape index (κ1) is 31.5. The van der Waals surface area contributed by atoms with Crippen LogP contribution in [0.1, 0.15) is 75.5 Å². The van der Waals surface area contributed by atoms with Gasteiger partial charge in [-0.2, -0.15) is 0 Å². The third-order valence-electron chi connectivity index (χ3n) is 12.2. The maximum atomic E-state index is 2.75. The minimum atomic E-state index is 0.501. The Labute approximate surface area is 298 Å². The summed E-state index contributed by atoms with van der Waals surface area (Å²) in [6.07, 6.45) is 28.0. The van der Waals surface area contributed by atoms with Crippen LogP contribution in [0.5, 0.6) is 0 Å². The molecule has 8 heterocycles. The van der Waals surface area contributed by atoms with Gasteiger partial charge in [-0.05, 0) is 112 Å². The van der Waals surface area contributed by atoms with E-state index in [2.05, 4.69) is 148 Å². The normalized spacial score (nSPS) is 25.0. The van der Waals surface area contributed by atoms with Crippen LogP contribution in [0.3, 0.4) is 0 Å². The van der Waals surface area contributed by atoms with Gasteiger partial charge in [0.1, 0.15) is 0 Å². The first-order chi connectivity index (χ1) is 24.8. The van der Waals surface area contributed by atoms with Crippen molar-refractivity contribution < 1.29 is 0 Å². The summed E-state index contributed by atoms with van der Waals surface area (Å²) in [5.74, 6) is 0. The van der Waals surface area contributed by atoms with Crippen molar-refractivity contribution in [1.82, 2.24) is 18.3 Å². The molecule has 262 valence electrons. The second-order valence-electron chi connectivity index (χ2n) is 15.3. The Morgan fingerprint density at radius 1 is 0.320 bits per heavy atom. The average molecular weight is 671 g/mol. The molecule has 9 rings (SSSR count). The molecule has 4 atom stereocenters. The number of hydrogen-bond donors (Lipinski definition) is 0. The van der Waals surface area contributed by atoms with Crippen LogP contribution < -0.4 is 19.6 Å². The SMILES string of the molecule is c1ccn(C2CCCN(c3cc(N4CCCC(n5cccc5)C4)c(N4CCCC(n5cccc5)C4)cc3N3CCCC(n4cccc4)C3)C2)c1. The average Bonchev–Trinajstić information content (AvgIpc) is 4.03. The van der Waals surface area contributed by atoms with E-state index in [1.54, 1.807) is 0 Å². The van der Waals surface area contributed by atoms with Crippen molar-refractivity contribution in [3.05, 3.63) is 110 Å². The van der Waals surface area contributed by atoms with Crippen LogP contribution >= 0.6 is 0 Å². The Hall–Kier alpha value is -4.46. The number of rotatable bonds is 8. The molecule has 0 bridgehead atoms. The molecule has 4 aromatic heterocycles. The molecule has 4 fully saturated rings. The van der Waals surface area contributed by atoms with Crippen molar-refractivity contribution in [1.29, 1.82) is 0 Å². The Morgan fingerprint density at radius 2 is 0.540 bits per heavy atom. The first-order valence-electron chi connectivity index (χ1n) is 19.4. The molecule has 4 aliphatic rings. The van der Waals surface area contributed by atoms with E-state index in [9.17, 15) is 0 Å². The minimum absolute atomic E-state index is 0.501.